The molecule has 0 fully saturated rings. The van der Waals surface area contributed by atoms with Crippen LogP contribution in [0.3, 0.4) is 0 Å². The Balaban J connectivity index is 1.96. The number of benzene rings is 1. The predicted molar refractivity (Wildman–Crippen MR) is 72.5 cm³/mol. The van der Waals surface area contributed by atoms with Crippen LogP contribution in [0.1, 0.15) is 16.5 Å². The Morgan fingerprint density at radius 2 is 2.00 bits per heavy atom. The van der Waals surface area contributed by atoms with Crippen molar-refractivity contribution < 1.29 is 9.52 Å². The highest BCUT2D eigenvalue weighted by atomic mass is 32.1. The molecule has 3 rings (SSSR count). The van der Waals surface area contributed by atoms with Gasteiger partial charge in [0.2, 0.25) is 0 Å². The van der Waals surface area contributed by atoms with E-state index in [9.17, 15) is 5.11 Å². The van der Waals surface area contributed by atoms with Crippen LogP contribution in [-0.2, 0) is 0 Å². The maximum Gasteiger partial charge on any atom is 0.133 e. The Bertz CT molecular complexity index is 612. The molecule has 3 aromatic rings. The quantitative estimate of drug-likeness (QED) is 0.765. The average molecular weight is 256 g/mol. The smallest absolute Gasteiger partial charge is 0.133 e. The van der Waals surface area contributed by atoms with Crippen LogP contribution in [-0.4, -0.2) is 5.11 Å². The average Bonchev–Trinajstić information content (AvgIpc) is 3.11. The van der Waals surface area contributed by atoms with Gasteiger partial charge in [-0.15, -0.1) is 11.3 Å². The highest BCUT2D eigenvalue weighted by Crippen LogP contribution is 2.29. The molecule has 0 aliphatic heterocycles. The number of furan rings is 1. The van der Waals surface area contributed by atoms with E-state index in [0.29, 0.717) is 0 Å². The molecule has 0 radical (unpaired) electrons. The van der Waals surface area contributed by atoms with Crippen LogP contribution in [0, 0.1) is 0 Å². The van der Waals surface area contributed by atoms with Crippen molar-refractivity contribution in [3.63, 3.8) is 0 Å². The Labute approximate surface area is 109 Å². The summed E-state index contributed by atoms with van der Waals surface area (Å²) >= 11 is 1.56. The maximum atomic E-state index is 10.3. The molecule has 18 heavy (non-hydrogen) atoms. The zero-order chi connectivity index (χ0) is 12.4. The monoisotopic (exact) mass is 256 g/mol. The minimum atomic E-state index is -0.570. The zero-order valence-electron chi connectivity index (χ0n) is 9.61. The molecule has 0 amide bonds. The van der Waals surface area contributed by atoms with Gasteiger partial charge < -0.3 is 9.52 Å². The van der Waals surface area contributed by atoms with Crippen molar-refractivity contribution in [1.82, 2.24) is 0 Å². The van der Waals surface area contributed by atoms with Gasteiger partial charge in [-0.25, -0.2) is 0 Å². The van der Waals surface area contributed by atoms with Gasteiger partial charge in [0.1, 0.15) is 11.9 Å². The molecule has 1 unspecified atom stereocenters. The standard InChI is InChI=1S/C15H12O2S/c16-15(14-7-3-9-18-14)12-5-1-4-11(10-12)13-6-2-8-17-13/h1-10,15-16H. The van der Waals surface area contributed by atoms with Crippen LogP contribution in [0.2, 0.25) is 0 Å². The summed E-state index contributed by atoms with van der Waals surface area (Å²) in [4.78, 5) is 0.951. The Hall–Kier alpha value is -1.84. The Morgan fingerprint density at radius 3 is 2.72 bits per heavy atom. The summed E-state index contributed by atoms with van der Waals surface area (Å²) in [5, 5.41) is 12.2. The molecule has 1 N–H and O–H groups in total. The molecule has 1 aromatic carbocycles. The fraction of sp³-hybridized carbons (Fsp3) is 0.0667. The number of thiophene rings is 1. The van der Waals surface area contributed by atoms with Gasteiger partial charge in [0.05, 0.1) is 6.26 Å². The maximum absolute atomic E-state index is 10.3. The molecule has 0 aliphatic carbocycles. The SMILES string of the molecule is OC(c1cccc(-c2ccco2)c1)c1cccs1. The van der Waals surface area contributed by atoms with Crippen molar-refractivity contribution in [3.8, 4) is 11.3 Å². The topological polar surface area (TPSA) is 33.4 Å². The van der Waals surface area contributed by atoms with Crippen LogP contribution in [0.5, 0.6) is 0 Å². The molecular formula is C15H12O2S. The first-order valence-corrected chi connectivity index (χ1v) is 6.58. The second-order valence-corrected chi connectivity index (χ2v) is 5.00. The molecule has 0 aliphatic rings. The third kappa shape index (κ3) is 2.10. The Morgan fingerprint density at radius 1 is 1.06 bits per heavy atom. The number of hydrogen-bond donors (Lipinski definition) is 1. The third-order valence-electron chi connectivity index (χ3n) is 2.82. The summed E-state index contributed by atoms with van der Waals surface area (Å²) < 4.78 is 5.37. The minimum Gasteiger partial charge on any atom is -0.464 e. The highest BCUT2D eigenvalue weighted by Gasteiger charge is 2.12. The lowest BCUT2D eigenvalue weighted by molar-refractivity contribution is 0.224. The summed E-state index contributed by atoms with van der Waals surface area (Å²) in [5.74, 6) is 0.815. The highest BCUT2D eigenvalue weighted by molar-refractivity contribution is 7.10. The van der Waals surface area contributed by atoms with Crippen molar-refractivity contribution in [2.45, 2.75) is 6.10 Å². The van der Waals surface area contributed by atoms with Crippen LogP contribution in [0.25, 0.3) is 11.3 Å². The zero-order valence-corrected chi connectivity index (χ0v) is 10.4. The summed E-state index contributed by atoms with van der Waals surface area (Å²) in [6, 6.07) is 15.5. The molecule has 0 bridgehead atoms. The van der Waals surface area contributed by atoms with E-state index >= 15 is 0 Å². The van der Waals surface area contributed by atoms with Crippen molar-refractivity contribution in [2.75, 3.05) is 0 Å². The number of rotatable bonds is 3. The van der Waals surface area contributed by atoms with E-state index in [4.69, 9.17) is 4.42 Å². The van der Waals surface area contributed by atoms with Gasteiger partial charge in [-0.1, -0.05) is 24.3 Å². The van der Waals surface area contributed by atoms with Crippen LogP contribution >= 0.6 is 11.3 Å². The lowest BCUT2D eigenvalue weighted by atomic mass is 10.0. The Kier molecular flexibility index (Phi) is 3.00. The number of hydrogen-bond acceptors (Lipinski definition) is 3. The van der Waals surface area contributed by atoms with E-state index in [1.54, 1.807) is 17.6 Å². The fourth-order valence-electron chi connectivity index (χ4n) is 1.92. The molecule has 1 atom stereocenters. The molecule has 0 spiro atoms. The lowest BCUT2D eigenvalue weighted by Crippen LogP contribution is -1.96. The predicted octanol–water partition coefficient (Wildman–Crippen LogP) is 4.09. The van der Waals surface area contributed by atoms with Crippen molar-refractivity contribution >= 4 is 11.3 Å². The molecule has 2 nitrogen and oxygen atoms in total. The van der Waals surface area contributed by atoms with E-state index < -0.39 is 6.10 Å². The van der Waals surface area contributed by atoms with E-state index in [1.165, 1.54) is 0 Å². The van der Waals surface area contributed by atoms with Gasteiger partial charge in [0.25, 0.3) is 0 Å². The molecule has 2 heterocycles. The molecule has 2 aromatic heterocycles. The number of aliphatic hydroxyl groups is 1. The summed E-state index contributed by atoms with van der Waals surface area (Å²) in [5.41, 5.74) is 1.86. The van der Waals surface area contributed by atoms with E-state index in [1.807, 2.05) is 53.9 Å². The third-order valence-corrected chi connectivity index (χ3v) is 3.75. The van der Waals surface area contributed by atoms with E-state index in [2.05, 4.69) is 0 Å². The summed E-state index contributed by atoms with van der Waals surface area (Å²) in [6.07, 6.45) is 1.08. The van der Waals surface area contributed by atoms with Gasteiger partial charge in [0.15, 0.2) is 0 Å². The lowest BCUT2D eigenvalue weighted by Gasteiger charge is -2.09. The second-order valence-electron chi connectivity index (χ2n) is 4.02. The van der Waals surface area contributed by atoms with Crippen molar-refractivity contribution in [1.29, 1.82) is 0 Å². The normalized spacial score (nSPS) is 12.5. The fourth-order valence-corrected chi connectivity index (χ4v) is 2.65. The molecular weight excluding hydrogens is 244 g/mol. The van der Waals surface area contributed by atoms with Crippen molar-refractivity contribution in [2.24, 2.45) is 0 Å². The summed E-state index contributed by atoms with van der Waals surface area (Å²) in [7, 11) is 0. The first-order valence-electron chi connectivity index (χ1n) is 5.70. The first kappa shape index (κ1) is 11.3. The van der Waals surface area contributed by atoms with Gasteiger partial charge in [0, 0.05) is 10.4 Å². The van der Waals surface area contributed by atoms with Crippen LogP contribution < -0.4 is 0 Å². The number of aliphatic hydroxyl groups excluding tert-OH is 1. The van der Waals surface area contributed by atoms with Crippen molar-refractivity contribution in [3.05, 3.63) is 70.6 Å². The first-order chi connectivity index (χ1) is 8.84. The molecule has 90 valence electrons. The second kappa shape index (κ2) is 4.80. The molecule has 0 saturated heterocycles. The van der Waals surface area contributed by atoms with Crippen LogP contribution in [0.15, 0.2) is 64.6 Å². The van der Waals surface area contributed by atoms with Gasteiger partial charge in [-0.2, -0.15) is 0 Å². The van der Waals surface area contributed by atoms with Gasteiger partial charge in [-0.3, -0.25) is 0 Å². The summed E-state index contributed by atoms with van der Waals surface area (Å²) in [6.45, 7) is 0. The van der Waals surface area contributed by atoms with Gasteiger partial charge in [-0.05, 0) is 35.2 Å². The molecule has 0 saturated carbocycles. The van der Waals surface area contributed by atoms with E-state index in [0.717, 1.165) is 21.8 Å². The largest absolute Gasteiger partial charge is 0.464 e. The van der Waals surface area contributed by atoms with E-state index in [-0.39, 0.29) is 0 Å². The minimum absolute atomic E-state index is 0.570. The van der Waals surface area contributed by atoms with Crippen LogP contribution in [0.4, 0.5) is 0 Å². The molecule has 3 heteroatoms. The van der Waals surface area contributed by atoms with Gasteiger partial charge >= 0.3 is 0 Å².